The molecule has 1 aliphatic carbocycles. The second-order valence-corrected chi connectivity index (χ2v) is 7.93. The fraction of sp³-hybridized carbons (Fsp3) is 0.400. The van der Waals surface area contributed by atoms with Crippen LogP contribution in [0.15, 0.2) is 36.5 Å². The number of aromatic nitrogens is 1. The van der Waals surface area contributed by atoms with Crippen LogP contribution in [0.2, 0.25) is 10.2 Å². The van der Waals surface area contributed by atoms with Crippen molar-refractivity contribution in [1.82, 2.24) is 10.3 Å². The topological polar surface area (TPSA) is 54.0 Å². The zero-order chi connectivity index (χ0) is 21.0. The van der Waals surface area contributed by atoms with Crippen LogP contribution in [-0.4, -0.2) is 23.5 Å². The quantitative estimate of drug-likeness (QED) is 0.571. The van der Waals surface area contributed by atoms with Crippen LogP contribution in [0.5, 0.6) is 0 Å². The number of halogens is 5. The van der Waals surface area contributed by atoms with Crippen molar-refractivity contribution in [3.05, 3.63) is 57.8 Å². The minimum Gasteiger partial charge on any atom is -0.384 e. The minimum atomic E-state index is -4.52. The van der Waals surface area contributed by atoms with Crippen LogP contribution in [-0.2, 0) is 6.18 Å². The molecule has 1 saturated carbocycles. The molecule has 2 N–H and O–H groups in total. The van der Waals surface area contributed by atoms with Crippen molar-refractivity contribution in [3.63, 3.8) is 0 Å². The van der Waals surface area contributed by atoms with Gasteiger partial charge in [0.1, 0.15) is 5.15 Å². The molecular weight excluding hydrogens is 426 g/mol. The predicted molar refractivity (Wildman–Crippen MR) is 107 cm³/mol. The van der Waals surface area contributed by atoms with Crippen molar-refractivity contribution in [1.29, 1.82) is 0 Å². The lowest BCUT2D eigenvalue weighted by molar-refractivity contribution is -0.137. The van der Waals surface area contributed by atoms with Gasteiger partial charge in [-0.2, -0.15) is 13.2 Å². The summed E-state index contributed by atoms with van der Waals surface area (Å²) in [7, 11) is 0. The summed E-state index contributed by atoms with van der Waals surface area (Å²) in [5.41, 5.74) is -0.150. The second kappa shape index (κ2) is 9.22. The summed E-state index contributed by atoms with van der Waals surface area (Å²) < 4.78 is 38.7. The molecule has 1 aromatic heterocycles. The first-order valence-corrected chi connectivity index (χ1v) is 10.0. The van der Waals surface area contributed by atoms with E-state index in [4.69, 9.17) is 23.2 Å². The van der Waals surface area contributed by atoms with E-state index in [1.807, 2.05) is 6.07 Å². The Kier molecular flexibility index (Phi) is 6.90. The highest BCUT2D eigenvalue weighted by Crippen LogP contribution is 2.32. The standard InChI is InChI=1S/C20H20Cl2F3N3O/c21-17-7-3-13(20(23,24)25)9-16(17)19(29)28-14-4-1-12(2-5-14)10-26-15-6-8-18(22)27-11-15/h3,6-9,11-12,14,26H,1-2,4-5,10H2,(H,28,29). The zero-order valence-electron chi connectivity index (χ0n) is 15.4. The molecule has 156 valence electrons. The first-order valence-electron chi connectivity index (χ1n) is 9.25. The van der Waals surface area contributed by atoms with Gasteiger partial charge in [-0.3, -0.25) is 4.79 Å². The summed E-state index contributed by atoms with van der Waals surface area (Å²) in [4.78, 5) is 16.5. The molecule has 1 fully saturated rings. The second-order valence-electron chi connectivity index (χ2n) is 7.13. The van der Waals surface area contributed by atoms with Crippen molar-refractivity contribution < 1.29 is 18.0 Å². The van der Waals surface area contributed by atoms with Crippen molar-refractivity contribution in [3.8, 4) is 0 Å². The first kappa shape index (κ1) is 21.7. The molecule has 0 spiro atoms. The Morgan fingerprint density at radius 2 is 1.83 bits per heavy atom. The Morgan fingerprint density at radius 3 is 2.45 bits per heavy atom. The lowest BCUT2D eigenvalue weighted by Crippen LogP contribution is -2.38. The summed E-state index contributed by atoms with van der Waals surface area (Å²) in [5, 5.41) is 6.58. The molecule has 1 aromatic carbocycles. The van der Waals surface area contributed by atoms with Gasteiger partial charge in [-0.15, -0.1) is 0 Å². The summed E-state index contributed by atoms with van der Waals surface area (Å²) in [5.74, 6) is -0.133. The van der Waals surface area contributed by atoms with E-state index in [-0.39, 0.29) is 16.6 Å². The van der Waals surface area contributed by atoms with Crippen molar-refractivity contribution in [2.45, 2.75) is 37.9 Å². The SMILES string of the molecule is O=C(NC1CCC(CNc2ccc(Cl)nc2)CC1)c1cc(C(F)(F)F)ccc1Cl. The van der Waals surface area contributed by atoms with Gasteiger partial charge in [0.2, 0.25) is 0 Å². The van der Waals surface area contributed by atoms with Crippen LogP contribution < -0.4 is 10.6 Å². The van der Waals surface area contributed by atoms with E-state index in [1.54, 1.807) is 12.3 Å². The molecule has 0 unspecified atom stereocenters. The number of nitrogens with one attached hydrogen (secondary N) is 2. The minimum absolute atomic E-state index is 0.00459. The van der Waals surface area contributed by atoms with Crippen LogP contribution in [0.4, 0.5) is 18.9 Å². The molecule has 29 heavy (non-hydrogen) atoms. The number of carbonyl (C=O) groups is 1. The lowest BCUT2D eigenvalue weighted by Gasteiger charge is -2.29. The van der Waals surface area contributed by atoms with E-state index >= 15 is 0 Å². The molecule has 3 rings (SSSR count). The van der Waals surface area contributed by atoms with Gasteiger partial charge in [-0.05, 0) is 61.9 Å². The number of pyridine rings is 1. The molecule has 4 nitrogen and oxygen atoms in total. The summed E-state index contributed by atoms with van der Waals surface area (Å²) in [6.07, 6.45) is 0.461. The van der Waals surface area contributed by atoms with Gasteiger partial charge in [0, 0.05) is 12.6 Å². The molecule has 1 aliphatic rings. The molecule has 1 amide bonds. The number of nitrogens with zero attached hydrogens (tertiary/aromatic N) is 1. The fourth-order valence-corrected chi connectivity index (χ4v) is 3.71. The molecule has 9 heteroatoms. The number of hydrogen-bond donors (Lipinski definition) is 2. The van der Waals surface area contributed by atoms with E-state index in [1.165, 1.54) is 0 Å². The molecule has 0 radical (unpaired) electrons. The van der Waals surface area contributed by atoms with E-state index in [9.17, 15) is 18.0 Å². The maximum atomic E-state index is 12.9. The van der Waals surface area contributed by atoms with Crippen LogP contribution in [0.1, 0.15) is 41.6 Å². The first-order chi connectivity index (χ1) is 13.7. The van der Waals surface area contributed by atoms with Crippen LogP contribution >= 0.6 is 23.2 Å². The molecule has 0 aliphatic heterocycles. The molecule has 2 aromatic rings. The Balaban J connectivity index is 1.50. The lowest BCUT2D eigenvalue weighted by atomic mass is 9.86. The third kappa shape index (κ3) is 6.00. The zero-order valence-corrected chi connectivity index (χ0v) is 16.9. The highest BCUT2D eigenvalue weighted by Gasteiger charge is 2.32. The molecule has 1 heterocycles. The van der Waals surface area contributed by atoms with Gasteiger partial charge in [0.05, 0.1) is 28.0 Å². The molecule has 0 bridgehead atoms. The monoisotopic (exact) mass is 445 g/mol. The molecule has 0 atom stereocenters. The number of amides is 1. The average molecular weight is 446 g/mol. The Hall–Kier alpha value is -1.99. The largest absolute Gasteiger partial charge is 0.416 e. The van der Waals surface area contributed by atoms with E-state index in [0.29, 0.717) is 11.1 Å². The summed E-state index contributed by atoms with van der Waals surface area (Å²) in [6, 6.07) is 6.27. The third-order valence-corrected chi connectivity index (χ3v) is 5.60. The smallest absolute Gasteiger partial charge is 0.384 e. The van der Waals surface area contributed by atoms with Gasteiger partial charge in [-0.25, -0.2) is 4.98 Å². The highest BCUT2D eigenvalue weighted by molar-refractivity contribution is 6.33. The Bertz CT molecular complexity index is 851. The Morgan fingerprint density at radius 1 is 1.10 bits per heavy atom. The van der Waals surface area contributed by atoms with E-state index in [2.05, 4.69) is 15.6 Å². The van der Waals surface area contributed by atoms with E-state index < -0.39 is 17.6 Å². The van der Waals surface area contributed by atoms with Gasteiger partial charge >= 0.3 is 6.18 Å². The number of hydrogen-bond acceptors (Lipinski definition) is 3. The van der Waals surface area contributed by atoms with Crippen molar-refractivity contribution in [2.24, 2.45) is 5.92 Å². The maximum absolute atomic E-state index is 12.9. The predicted octanol–water partition coefficient (Wildman–Crippen LogP) is 5.81. The number of benzene rings is 1. The van der Waals surface area contributed by atoms with Crippen LogP contribution in [0.3, 0.4) is 0 Å². The number of alkyl halides is 3. The fourth-order valence-electron chi connectivity index (χ4n) is 3.39. The average Bonchev–Trinajstić information content (AvgIpc) is 2.68. The Labute approximate surface area is 176 Å². The molecular formula is C20H20Cl2F3N3O. The van der Waals surface area contributed by atoms with Gasteiger partial charge in [-0.1, -0.05) is 23.2 Å². The number of carbonyl (C=O) groups excluding carboxylic acids is 1. The van der Waals surface area contributed by atoms with Crippen molar-refractivity contribution in [2.75, 3.05) is 11.9 Å². The third-order valence-electron chi connectivity index (χ3n) is 5.04. The van der Waals surface area contributed by atoms with Crippen LogP contribution in [0, 0.1) is 5.92 Å². The summed E-state index contributed by atoms with van der Waals surface area (Å²) in [6.45, 7) is 0.781. The van der Waals surface area contributed by atoms with Crippen molar-refractivity contribution >= 4 is 34.8 Å². The number of rotatable bonds is 5. The normalized spacial score (nSPS) is 19.6. The summed E-state index contributed by atoms with van der Waals surface area (Å²) >= 11 is 11.7. The van der Waals surface area contributed by atoms with Gasteiger partial charge in [0.25, 0.3) is 5.91 Å². The molecule has 0 saturated heterocycles. The highest BCUT2D eigenvalue weighted by atomic mass is 35.5. The van der Waals surface area contributed by atoms with Crippen LogP contribution in [0.25, 0.3) is 0 Å². The van der Waals surface area contributed by atoms with E-state index in [0.717, 1.165) is 56.1 Å². The van der Waals surface area contributed by atoms with Gasteiger partial charge in [0.15, 0.2) is 0 Å². The number of anilines is 1. The maximum Gasteiger partial charge on any atom is 0.416 e. The van der Waals surface area contributed by atoms with Gasteiger partial charge < -0.3 is 10.6 Å².